The van der Waals surface area contributed by atoms with E-state index in [2.05, 4.69) is 58.3 Å². The van der Waals surface area contributed by atoms with Crippen molar-refractivity contribution in [2.45, 2.75) is 26.7 Å². The summed E-state index contributed by atoms with van der Waals surface area (Å²) in [6.45, 7) is 9.31. The van der Waals surface area contributed by atoms with Gasteiger partial charge in [-0.25, -0.2) is 9.97 Å². The van der Waals surface area contributed by atoms with Gasteiger partial charge in [-0.15, -0.1) is 0 Å². The predicted molar refractivity (Wildman–Crippen MR) is 100 cm³/mol. The second-order valence-corrected chi connectivity index (χ2v) is 6.69. The van der Waals surface area contributed by atoms with Gasteiger partial charge in [-0.3, -0.25) is 4.79 Å². The molecule has 1 saturated heterocycles. The van der Waals surface area contributed by atoms with Crippen LogP contribution in [0.4, 0.5) is 17.3 Å². The van der Waals surface area contributed by atoms with Gasteiger partial charge in [0.1, 0.15) is 17.5 Å². The van der Waals surface area contributed by atoms with Crippen molar-refractivity contribution >= 4 is 23.7 Å². The Morgan fingerprint density at radius 3 is 2.36 bits per heavy atom. The number of anilines is 3. The fourth-order valence-corrected chi connectivity index (χ4v) is 2.93. The molecule has 132 valence electrons. The summed E-state index contributed by atoms with van der Waals surface area (Å²) in [4.78, 5) is 23.9. The van der Waals surface area contributed by atoms with Crippen molar-refractivity contribution in [2.24, 2.45) is 0 Å². The molecule has 0 bridgehead atoms. The molecular weight excluding hydrogens is 314 g/mol. The molecule has 0 spiro atoms. The van der Waals surface area contributed by atoms with E-state index in [9.17, 15) is 4.79 Å². The molecule has 0 aliphatic carbocycles. The molecule has 1 aromatic heterocycles. The van der Waals surface area contributed by atoms with Gasteiger partial charge in [-0.2, -0.15) is 0 Å². The van der Waals surface area contributed by atoms with E-state index in [4.69, 9.17) is 0 Å². The molecule has 1 N–H and O–H groups in total. The van der Waals surface area contributed by atoms with Gasteiger partial charge in [0, 0.05) is 37.9 Å². The number of nitrogens with zero attached hydrogens (tertiary/aromatic N) is 4. The third-order valence-corrected chi connectivity index (χ3v) is 4.46. The molecule has 1 fully saturated rings. The Balaban J connectivity index is 1.74. The average Bonchev–Trinajstić information content (AvgIpc) is 2.62. The lowest BCUT2D eigenvalue weighted by molar-refractivity contribution is -0.118. The van der Waals surface area contributed by atoms with Crippen LogP contribution in [0.1, 0.15) is 31.2 Å². The smallest absolute Gasteiger partial charge is 0.209 e. The zero-order chi connectivity index (χ0) is 17.8. The first-order valence-corrected chi connectivity index (χ1v) is 8.72. The Hall–Kier alpha value is -2.63. The molecule has 1 aromatic carbocycles. The summed E-state index contributed by atoms with van der Waals surface area (Å²) in [5.74, 6) is 2.94. The highest BCUT2D eigenvalue weighted by atomic mass is 16.1. The fraction of sp³-hybridized carbons (Fsp3) is 0.421. The van der Waals surface area contributed by atoms with Crippen LogP contribution in [0.3, 0.4) is 0 Å². The van der Waals surface area contributed by atoms with Crippen molar-refractivity contribution in [3.63, 3.8) is 0 Å². The third-order valence-electron chi connectivity index (χ3n) is 4.46. The number of benzene rings is 1. The van der Waals surface area contributed by atoms with Crippen LogP contribution in [-0.2, 0) is 4.79 Å². The highest BCUT2D eigenvalue weighted by Gasteiger charge is 2.17. The van der Waals surface area contributed by atoms with Crippen molar-refractivity contribution in [1.82, 2.24) is 14.9 Å². The molecule has 1 amide bonds. The monoisotopic (exact) mass is 339 g/mol. The van der Waals surface area contributed by atoms with Gasteiger partial charge in [0.05, 0.1) is 0 Å². The van der Waals surface area contributed by atoms with E-state index in [1.54, 1.807) is 4.90 Å². The number of carbonyl (C=O) groups excluding carboxylic acids is 1. The van der Waals surface area contributed by atoms with Crippen molar-refractivity contribution in [3.05, 3.63) is 41.7 Å². The van der Waals surface area contributed by atoms with E-state index < -0.39 is 0 Å². The molecule has 2 heterocycles. The SMILES string of the molecule is Cc1nc(Nc2ccc(C(C)C)cc2)cc(N2CCN(C=O)CC2)n1. The van der Waals surface area contributed by atoms with Crippen LogP contribution >= 0.6 is 0 Å². The van der Waals surface area contributed by atoms with Gasteiger partial charge in [-0.05, 0) is 30.5 Å². The summed E-state index contributed by atoms with van der Waals surface area (Å²) in [6.07, 6.45) is 0.913. The number of hydrogen-bond donors (Lipinski definition) is 1. The van der Waals surface area contributed by atoms with Crippen LogP contribution < -0.4 is 10.2 Å². The zero-order valence-corrected chi connectivity index (χ0v) is 15.1. The summed E-state index contributed by atoms with van der Waals surface area (Å²) in [5, 5.41) is 3.37. The number of aromatic nitrogens is 2. The predicted octanol–water partition coefficient (Wildman–Crippen LogP) is 2.93. The van der Waals surface area contributed by atoms with Crippen LogP contribution in [0, 0.1) is 6.92 Å². The maximum absolute atomic E-state index is 10.9. The lowest BCUT2D eigenvalue weighted by Gasteiger charge is -2.33. The van der Waals surface area contributed by atoms with Crippen molar-refractivity contribution < 1.29 is 4.79 Å². The number of carbonyl (C=O) groups is 1. The molecule has 6 nitrogen and oxygen atoms in total. The third kappa shape index (κ3) is 4.26. The van der Waals surface area contributed by atoms with E-state index in [1.807, 2.05) is 13.0 Å². The maximum atomic E-state index is 10.9. The number of rotatable bonds is 5. The van der Waals surface area contributed by atoms with Crippen LogP contribution in [-0.4, -0.2) is 47.5 Å². The van der Waals surface area contributed by atoms with Gasteiger partial charge in [0.25, 0.3) is 0 Å². The molecular formula is C19H25N5O. The normalized spacial score (nSPS) is 14.7. The van der Waals surface area contributed by atoms with E-state index in [0.29, 0.717) is 5.92 Å². The van der Waals surface area contributed by atoms with Gasteiger partial charge in [0.2, 0.25) is 6.41 Å². The number of nitrogens with one attached hydrogen (secondary N) is 1. The first-order valence-electron chi connectivity index (χ1n) is 8.72. The second-order valence-electron chi connectivity index (χ2n) is 6.69. The van der Waals surface area contributed by atoms with Crippen LogP contribution in [0.25, 0.3) is 0 Å². The Morgan fingerprint density at radius 1 is 1.08 bits per heavy atom. The van der Waals surface area contributed by atoms with Gasteiger partial charge >= 0.3 is 0 Å². The average molecular weight is 339 g/mol. The van der Waals surface area contributed by atoms with E-state index >= 15 is 0 Å². The molecule has 3 rings (SSSR count). The largest absolute Gasteiger partial charge is 0.353 e. The summed E-state index contributed by atoms with van der Waals surface area (Å²) in [6, 6.07) is 10.4. The van der Waals surface area contributed by atoms with Crippen molar-refractivity contribution in [2.75, 3.05) is 36.4 Å². The van der Waals surface area contributed by atoms with E-state index in [-0.39, 0.29) is 0 Å². The molecule has 0 radical (unpaired) electrons. The summed E-state index contributed by atoms with van der Waals surface area (Å²) < 4.78 is 0. The highest BCUT2D eigenvalue weighted by molar-refractivity contribution is 5.60. The van der Waals surface area contributed by atoms with Crippen LogP contribution in [0.5, 0.6) is 0 Å². The minimum Gasteiger partial charge on any atom is -0.353 e. The Kier molecular flexibility index (Phi) is 5.16. The van der Waals surface area contributed by atoms with Crippen molar-refractivity contribution in [3.8, 4) is 0 Å². The summed E-state index contributed by atoms with van der Waals surface area (Å²) in [5.41, 5.74) is 2.33. The first-order chi connectivity index (χ1) is 12.0. The Labute approximate surface area is 148 Å². The number of aryl methyl sites for hydroxylation is 1. The molecule has 1 aliphatic rings. The second kappa shape index (κ2) is 7.51. The minimum absolute atomic E-state index is 0.520. The van der Waals surface area contributed by atoms with Crippen LogP contribution in [0.15, 0.2) is 30.3 Å². The Bertz CT molecular complexity index is 721. The molecule has 1 aliphatic heterocycles. The number of piperazine rings is 1. The maximum Gasteiger partial charge on any atom is 0.209 e. The summed E-state index contributed by atoms with van der Waals surface area (Å²) in [7, 11) is 0. The topological polar surface area (TPSA) is 61.4 Å². The lowest BCUT2D eigenvalue weighted by Crippen LogP contribution is -2.46. The quantitative estimate of drug-likeness (QED) is 0.849. The summed E-state index contributed by atoms with van der Waals surface area (Å²) >= 11 is 0. The molecule has 2 aromatic rings. The van der Waals surface area contributed by atoms with Crippen LogP contribution in [0.2, 0.25) is 0 Å². The van der Waals surface area contributed by atoms with E-state index in [0.717, 1.165) is 55.7 Å². The highest BCUT2D eigenvalue weighted by Crippen LogP contribution is 2.22. The fourth-order valence-electron chi connectivity index (χ4n) is 2.93. The van der Waals surface area contributed by atoms with E-state index in [1.165, 1.54) is 5.56 Å². The molecule has 0 saturated carbocycles. The van der Waals surface area contributed by atoms with Gasteiger partial charge < -0.3 is 15.1 Å². The van der Waals surface area contributed by atoms with Crippen molar-refractivity contribution in [1.29, 1.82) is 0 Å². The molecule has 6 heteroatoms. The zero-order valence-electron chi connectivity index (χ0n) is 15.1. The van der Waals surface area contributed by atoms with Gasteiger partial charge in [-0.1, -0.05) is 26.0 Å². The molecule has 0 unspecified atom stereocenters. The minimum atomic E-state index is 0.520. The first kappa shape index (κ1) is 17.2. The number of hydrogen-bond acceptors (Lipinski definition) is 5. The molecule has 0 atom stereocenters. The number of amides is 1. The standard InChI is InChI=1S/C19H25N5O/c1-14(2)16-4-6-17(7-5-16)22-18-12-19(21-15(3)20-18)24-10-8-23(13-25)9-11-24/h4-7,12-14H,8-11H2,1-3H3,(H,20,21,22). The lowest BCUT2D eigenvalue weighted by atomic mass is 10.0. The Morgan fingerprint density at radius 2 is 1.76 bits per heavy atom. The van der Waals surface area contributed by atoms with Gasteiger partial charge in [0.15, 0.2) is 0 Å². The molecule has 25 heavy (non-hydrogen) atoms.